The first-order chi connectivity index (χ1) is 11.1. The number of rotatable bonds is 4. The molecule has 5 nitrogen and oxygen atoms in total. The van der Waals surface area contributed by atoms with Gasteiger partial charge in [-0.15, -0.1) is 0 Å². The van der Waals surface area contributed by atoms with Gasteiger partial charge in [0.2, 0.25) is 0 Å². The van der Waals surface area contributed by atoms with Crippen molar-refractivity contribution in [2.75, 3.05) is 20.0 Å². The van der Waals surface area contributed by atoms with Gasteiger partial charge in [0, 0.05) is 28.9 Å². The Kier molecular flexibility index (Phi) is 3.93. The van der Waals surface area contributed by atoms with Crippen LogP contribution in [-0.2, 0) is 6.54 Å². The number of nitrogens with zero attached hydrogens (tertiary/aromatic N) is 1. The number of ether oxygens (including phenoxy) is 2. The van der Waals surface area contributed by atoms with Crippen LogP contribution < -0.4 is 20.7 Å². The average molecular weight is 309 g/mol. The number of aromatic nitrogens is 1. The summed E-state index contributed by atoms with van der Waals surface area (Å²) >= 11 is 0. The number of nitrogen functional groups attached to an aromatic ring is 1. The van der Waals surface area contributed by atoms with Crippen LogP contribution in [0.5, 0.6) is 11.5 Å². The zero-order chi connectivity index (χ0) is 16.4. The van der Waals surface area contributed by atoms with E-state index in [4.69, 9.17) is 20.6 Å². The number of nitrogens with one attached hydrogen (secondary N) is 1. The smallest absolute Gasteiger partial charge is 0.133 e. The molecule has 0 radical (unpaired) electrons. The van der Waals surface area contributed by atoms with Gasteiger partial charge in [-0.05, 0) is 35.7 Å². The lowest BCUT2D eigenvalue weighted by atomic mass is 10.1. The third kappa shape index (κ3) is 2.85. The summed E-state index contributed by atoms with van der Waals surface area (Å²) in [5, 5.41) is 10.3. The number of pyridine rings is 1. The Morgan fingerprint density at radius 2 is 1.87 bits per heavy atom. The molecule has 5 heteroatoms. The molecule has 0 aliphatic rings. The van der Waals surface area contributed by atoms with Crippen LogP contribution in [0.25, 0.3) is 10.8 Å². The molecule has 3 N–H and O–H groups in total. The number of methoxy groups -OCH3 is 2. The molecule has 0 amide bonds. The lowest BCUT2D eigenvalue weighted by molar-refractivity contribution is 0.390. The molecule has 118 valence electrons. The minimum atomic E-state index is 0.424. The zero-order valence-electron chi connectivity index (χ0n) is 13.2. The Morgan fingerprint density at radius 1 is 1.04 bits per heavy atom. The predicted octanol–water partition coefficient (Wildman–Crippen LogP) is 2.77. The molecule has 1 aromatic heterocycles. The van der Waals surface area contributed by atoms with Crippen LogP contribution in [0.3, 0.4) is 0 Å². The summed E-state index contributed by atoms with van der Waals surface area (Å²) in [5.41, 5.74) is 7.91. The molecule has 0 unspecified atom stereocenters. The molecular weight excluding hydrogens is 290 g/mol. The van der Waals surface area contributed by atoms with E-state index < -0.39 is 0 Å². The van der Waals surface area contributed by atoms with Crippen molar-refractivity contribution in [2.24, 2.45) is 0 Å². The second-order valence-corrected chi connectivity index (χ2v) is 5.32. The Bertz CT molecular complexity index is 916. The first-order valence-electron chi connectivity index (χ1n) is 7.26. The average Bonchev–Trinajstić information content (AvgIpc) is 2.58. The van der Waals surface area contributed by atoms with E-state index >= 15 is 0 Å². The molecule has 2 aromatic carbocycles. The number of hydrogen-bond acceptors (Lipinski definition) is 4. The van der Waals surface area contributed by atoms with Crippen molar-refractivity contribution < 1.29 is 9.47 Å². The van der Waals surface area contributed by atoms with Gasteiger partial charge in [-0.2, -0.15) is 0 Å². The summed E-state index contributed by atoms with van der Waals surface area (Å²) in [6.07, 6.45) is 1.91. The second-order valence-electron chi connectivity index (χ2n) is 5.32. The van der Waals surface area contributed by atoms with Gasteiger partial charge in [0.05, 0.1) is 20.8 Å². The molecule has 3 aromatic rings. The van der Waals surface area contributed by atoms with E-state index in [2.05, 4.69) is 0 Å². The summed E-state index contributed by atoms with van der Waals surface area (Å²) in [5.74, 6) is 1.48. The first kappa shape index (κ1) is 15.0. The highest BCUT2D eigenvalue weighted by Crippen LogP contribution is 2.25. The highest BCUT2D eigenvalue weighted by molar-refractivity contribution is 5.84. The van der Waals surface area contributed by atoms with Crippen LogP contribution in [0, 0.1) is 5.41 Å². The molecule has 0 saturated carbocycles. The number of fused-ring (bicyclic) bond motifs is 1. The monoisotopic (exact) mass is 309 g/mol. The third-order valence-corrected chi connectivity index (χ3v) is 3.89. The molecule has 0 aliphatic carbocycles. The quantitative estimate of drug-likeness (QED) is 0.728. The van der Waals surface area contributed by atoms with Crippen molar-refractivity contribution >= 4 is 16.5 Å². The molecule has 23 heavy (non-hydrogen) atoms. The lowest BCUT2D eigenvalue weighted by Gasteiger charge is -2.13. The van der Waals surface area contributed by atoms with E-state index in [1.165, 1.54) is 0 Å². The fraction of sp³-hybridized carbons (Fsp3) is 0.167. The fourth-order valence-electron chi connectivity index (χ4n) is 2.62. The van der Waals surface area contributed by atoms with Gasteiger partial charge in [-0.1, -0.05) is 6.07 Å². The van der Waals surface area contributed by atoms with Crippen molar-refractivity contribution in [3.63, 3.8) is 0 Å². The Balaban J connectivity index is 2.05. The van der Waals surface area contributed by atoms with Gasteiger partial charge in [0.15, 0.2) is 0 Å². The SMILES string of the molecule is COc1ccc(Cn2ccc3ccc(N)cc3c2=N)c(OC)c1. The summed E-state index contributed by atoms with van der Waals surface area (Å²) in [7, 11) is 3.25. The lowest BCUT2D eigenvalue weighted by Crippen LogP contribution is -2.20. The van der Waals surface area contributed by atoms with Crippen molar-refractivity contribution in [3.05, 3.63) is 59.7 Å². The largest absolute Gasteiger partial charge is 0.497 e. The molecule has 0 spiro atoms. The van der Waals surface area contributed by atoms with Crippen LogP contribution in [-0.4, -0.2) is 18.8 Å². The maximum Gasteiger partial charge on any atom is 0.133 e. The molecule has 0 aliphatic heterocycles. The molecule has 0 atom stereocenters. The van der Waals surface area contributed by atoms with Gasteiger partial charge in [-0.25, -0.2) is 0 Å². The predicted molar refractivity (Wildman–Crippen MR) is 90.9 cm³/mol. The Morgan fingerprint density at radius 3 is 2.61 bits per heavy atom. The highest BCUT2D eigenvalue weighted by atomic mass is 16.5. The van der Waals surface area contributed by atoms with Gasteiger partial charge in [0.25, 0.3) is 0 Å². The minimum absolute atomic E-state index is 0.424. The highest BCUT2D eigenvalue weighted by Gasteiger charge is 2.07. The zero-order valence-corrected chi connectivity index (χ0v) is 13.2. The topological polar surface area (TPSA) is 73.3 Å². The molecule has 0 bridgehead atoms. The van der Waals surface area contributed by atoms with Crippen LogP contribution in [0.1, 0.15) is 5.56 Å². The normalized spacial score (nSPS) is 10.7. The van der Waals surface area contributed by atoms with E-state index in [1.807, 2.05) is 53.2 Å². The molecule has 3 rings (SSSR count). The number of hydrogen-bond donors (Lipinski definition) is 2. The maximum atomic E-state index is 8.43. The van der Waals surface area contributed by atoms with Crippen LogP contribution in [0.4, 0.5) is 5.69 Å². The third-order valence-electron chi connectivity index (χ3n) is 3.89. The van der Waals surface area contributed by atoms with Gasteiger partial charge in [0.1, 0.15) is 17.0 Å². The van der Waals surface area contributed by atoms with Crippen molar-refractivity contribution in [3.8, 4) is 11.5 Å². The molecule has 0 fully saturated rings. The Labute approximate surface area is 134 Å². The van der Waals surface area contributed by atoms with Crippen LogP contribution >= 0.6 is 0 Å². The molecule has 1 heterocycles. The van der Waals surface area contributed by atoms with Crippen molar-refractivity contribution in [1.82, 2.24) is 4.57 Å². The first-order valence-corrected chi connectivity index (χ1v) is 7.26. The number of benzene rings is 2. The van der Waals surface area contributed by atoms with E-state index in [-0.39, 0.29) is 0 Å². The van der Waals surface area contributed by atoms with E-state index in [9.17, 15) is 0 Å². The second kappa shape index (κ2) is 6.04. The van der Waals surface area contributed by atoms with Crippen molar-refractivity contribution in [1.29, 1.82) is 5.41 Å². The summed E-state index contributed by atoms with van der Waals surface area (Å²) in [4.78, 5) is 0. The van der Waals surface area contributed by atoms with E-state index in [1.54, 1.807) is 14.2 Å². The van der Waals surface area contributed by atoms with Gasteiger partial charge >= 0.3 is 0 Å². The fourth-order valence-corrected chi connectivity index (χ4v) is 2.62. The number of anilines is 1. The van der Waals surface area contributed by atoms with Gasteiger partial charge in [-0.3, -0.25) is 5.41 Å². The van der Waals surface area contributed by atoms with Crippen LogP contribution in [0.2, 0.25) is 0 Å². The van der Waals surface area contributed by atoms with Crippen LogP contribution in [0.15, 0.2) is 48.7 Å². The Hall–Kier alpha value is -2.95. The maximum absolute atomic E-state index is 8.43. The molecule has 0 saturated heterocycles. The summed E-state index contributed by atoms with van der Waals surface area (Å²) in [6, 6.07) is 13.3. The van der Waals surface area contributed by atoms with E-state index in [0.717, 1.165) is 27.8 Å². The van der Waals surface area contributed by atoms with Gasteiger partial charge < -0.3 is 19.8 Å². The standard InChI is InChI=1S/C18H19N3O2/c1-22-15-6-4-13(17(10-15)23-2)11-21-8-7-12-3-5-14(19)9-16(12)18(21)20/h3-10,20H,11,19H2,1-2H3. The summed E-state index contributed by atoms with van der Waals surface area (Å²) < 4.78 is 12.5. The number of nitrogens with two attached hydrogens (primary N) is 1. The minimum Gasteiger partial charge on any atom is -0.497 e. The molecular formula is C18H19N3O2. The van der Waals surface area contributed by atoms with Crippen molar-refractivity contribution in [2.45, 2.75) is 6.54 Å². The summed E-state index contributed by atoms with van der Waals surface area (Å²) in [6.45, 7) is 0.538. The van der Waals surface area contributed by atoms with E-state index in [0.29, 0.717) is 17.7 Å².